The molecule has 1 fully saturated rings. The van der Waals surface area contributed by atoms with Gasteiger partial charge in [0.2, 0.25) is 0 Å². The molecule has 0 N–H and O–H groups in total. The van der Waals surface area contributed by atoms with Gasteiger partial charge in [0.1, 0.15) is 5.01 Å². The summed E-state index contributed by atoms with van der Waals surface area (Å²) in [4.78, 5) is 4.74. The highest BCUT2D eigenvalue weighted by atomic mass is 32.2. The van der Waals surface area contributed by atoms with E-state index in [9.17, 15) is 0 Å². The van der Waals surface area contributed by atoms with Crippen molar-refractivity contribution in [1.29, 1.82) is 5.26 Å². The van der Waals surface area contributed by atoms with Crippen molar-refractivity contribution in [1.82, 2.24) is 4.98 Å². The number of hydrogen-bond acceptors (Lipinski definition) is 4. The Labute approximate surface area is 134 Å². The lowest BCUT2D eigenvalue weighted by molar-refractivity contribution is 0.516. The molecule has 0 amide bonds. The predicted octanol–water partition coefficient (Wildman–Crippen LogP) is 5.25. The summed E-state index contributed by atoms with van der Waals surface area (Å²) in [6.45, 7) is 0. The van der Waals surface area contributed by atoms with Crippen molar-refractivity contribution in [3.63, 3.8) is 0 Å². The van der Waals surface area contributed by atoms with Crippen LogP contribution in [0.4, 0.5) is 0 Å². The molecule has 0 radical (unpaired) electrons. The lowest BCUT2D eigenvalue weighted by Gasteiger charge is -2.20. The maximum atomic E-state index is 8.83. The van der Waals surface area contributed by atoms with Gasteiger partial charge in [-0.1, -0.05) is 31.4 Å². The molecule has 1 aliphatic carbocycles. The molecule has 0 saturated heterocycles. The van der Waals surface area contributed by atoms with E-state index in [4.69, 9.17) is 10.2 Å². The molecule has 1 heterocycles. The summed E-state index contributed by atoms with van der Waals surface area (Å²) in [6, 6.07) is 9.81. The highest BCUT2D eigenvalue weighted by Crippen LogP contribution is 2.32. The number of nitriles is 1. The van der Waals surface area contributed by atoms with Gasteiger partial charge in [-0.2, -0.15) is 17.0 Å². The minimum Gasteiger partial charge on any atom is -0.240 e. The molecule has 0 aliphatic heterocycles. The minimum atomic E-state index is 0.696. The number of thioether (sulfide) groups is 1. The summed E-state index contributed by atoms with van der Waals surface area (Å²) in [5.74, 6) is 1.03. The van der Waals surface area contributed by atoms with Gasteiger partial charge >= 0.3 is 0 Å². The zero-order chi connectivity index (χ0) is 14.5. The summed E-state index contributed by atoms with van der Waals surface area (Å²) in [5, 5.41) is 13.0. The minimum absolute atomic E-state index is 0.696. The van der Waals surface area contributed by atoms with E-state index < -0.39 is 0 Å². The van der Waals surface area contributed by atoms with Crippen LogP contribution in [0.2, 0.25) is 0 Å². The van der Waals surface area contributed by atoms with Gasteiger partial charge in [0, 0.05) is 21.9 Å². The molecule has 0 bridgehead atoms. The number of rotatable bonds is 4. The van der Waals surface area contributed by atoms with Crippen molar-refractivity contribution < 1.29 is 0 Å². The maximum absolute atomic E-state index is 8.83. The van der Waals surface area contributed by atoms with Gasteiger partial charge in [-0.25, -0.2) is 4.98 Å². The van der Waals surface area contributed by atoms with Gasteiger partial charge in [0.05, 0.1) is 17.3 Å². The fourth-order valence-corrected chi connectivity index (χ4v) is 4.82. The largest absolute Gasteiger partial charge is 0.240 e. The van der Waals surface area contributed by atoms with Crippen LogP contribution in [-0.2, 0) is 5.75 Å². The first-order valence-electron chi connectivity index (χ1n) is 7.42. The standard InChI is InChI=1S/C17H18N2S2/c18-10-13-6-8-14(9-7-13)16-11-21-17(19-16)12-20-15-4-2-1-3-5-15/h6-9,11,15H,1-5,12H2. The van der Waals surface area contributed by atoms with Crippen molar-refractivity contribution in [2.24, 2.45) is 0 Å². The normalized spacial score (nSPS) is 15.8. The highest BCUT2D eigenvalue weighted by molar-refractivity contribution is 7.99. The second-order valence-electron chi connectivity index (χ2n) is 5.39. The second-order valence-corrected chi connectivity index (χ2v) is 7.62. The molecule has 1 saturated carbocycles. The van der Waals surface area contributed by atoms with Gasteiger partial charge < -0.3 is 0 Å². The summed E-state index contributed by atoms with van der Waals surface area (Å²) < 4.78 is 0. The van der Waals surface area contributed by atoms with Crippen LogP contribution in [0.15, 0.2) is 29.6 Å². The first-order valence-corrected chi connectivity index (χ1v) is 9.34. The first kappa shape index (κ1) is 14.6. The van der Waals surface area contributed by atoms with Gasteiger partial charge in [-0.3, -0.25) is 0 Å². The van der Waals surface area contributed by atoms with E-state index in [1.54, 1.807) is 11.3 Å². The van der Waals surface area contributed by atoms with Gasteiger partial charge in [0.25, 0.3) is 0 Å². The molecule has 1 aliphatic rings. The van der Waals surface area contributed by atoms with E-state index in [-0.39, 0.29) is 0 Å². The molecule has 21 heavy (non-hydrogen) atoms. The number of benzene rings is 1. The van der Waals surface area contributed by atoms with Crippen LogP contribution in [0.5, 0.6) is 0 Å². The van der Waals surface area contributed by atoms with Gasteiger partial charge in [-0.05, 0) is 25.0 Å². The van der Waals surface area contributed by atoms with Gasteiger partial charge in [-0.15, -0.1) is 11.3 Å². The monoisotopic (exact) mass is 314 g/mol. The summed E-state index contributed by atoms with van der Waals surface area (Å²) >= 11 is 3.82. The van der Waals surface area contributed by atoms with Crippen LogP contribution >= 0.6 is 23.1 Å². The molecule has 1 aromatic carbocycles. The van der Waals surface area contributed by atoms with Crippen molar-refractivity contribution in [2.45, 2.75) is 43.1 Å². The van der Waals surface area contributed by atoms with E-state index in [1.807, 2.05) is 24.3 Å². The summed E-state index contributed by atoms with van der Waals surface area (Å²) in [5.41, 5.74) is 2.82. The Morgan fingerprint density at radius 1 is 1.19 bits per heavy atom. The van der Waals surface area contributed by atoms with E-state index in [0.717, 1.165) is 22.3 Å². The average molecular weight is 314 g/mol. The summed E-state index contributed by atoms with van der Waals surface area (Å²) in [7, 11) is 0. The first-order chi connectivity index (χ1) is 10.3. The molecule has 3 rings (SSSR count). The van der Waals surface area contributed by atoms with Crippen LogP contribution in [0.25, 0.3) is 11.3 Å². The molecular formula is C17H18N2S2. The molecule has 0 spiro atoms. The molecule has 4 heteroatoms. The lowest BCUT2D eigenvalue weighted by atomic mass is 10.0. The zero-order valence-corrected chi connectivity index (χ0v) is 13.6. The summed E-state index contributed by atoms with van der Waals surface area (Å²) in [6.07, 6.45) is 6.95. The Morgan fingerprint density at radius 2 is 1.95 bits per heavy atom. The fourth-order valence-electron chi connectivity index (χ4n) is 2.65. The number of aromatic nitrogens is 1. The van der Waals surface area contributed by atoms with Crippen LogP contribution in [0.1, 0.15) is 42.7 Å². The highest BCUT2D eigenvalue weighted by Gasteiger charge is 2.14. The number of nitrogens with zero attached hydrogens (tertiary/aromatic N) is 2. The van der Waals surface area contributed by atoms with E-state index in [1.165, 1.54) is 37.1 Å². The smallest absolute Gasteiger partial charge is 0.103 e. The molecular weight excluding hydrogens is 296 g/mol. The molecule has 2 nitrogen and oxygen atoms in total. The Bertz CT molecular complexity index is 619. The van der Waals surface area contributed by atoms with Crippen molar-refractivity contribution in [3.05, 3.63) is 40.2 Å². The van der Waals surface area contributed by atoms with Gasteiger partial charge in [0.15, 0.2) is 0 Å². The molecule has 2 aromatic rings. The molecule has 1 aromatic heterocycles. The third-order valence-corrected chi connectivity index (χ3v) is 6.27. The van der Waals surface area contributed by atoms with E-state index in [0.29, 0.717) is 5.56 Å². The Hall–Kier alpha value is -1.31. The SMILES string of the molecule is N#Cc1ccc(-c2csc(CSC3CCCCC3)n2)cc1. The van der Waals surface area contributed by atoms with Crippen molar-refractivity contribution >= 4 is 23.1 Å². The Morgan fingerprint density at radius 3 is 2.67 bits per heavy atom. The molecule has 0 atom stereocenters. The number of thiazole rings is 1. The molecule has 108 valence electrons. The average Bonchev–Trinajstić information content (AvgIpc) is 3.03. The molecule has 0 unspecified atom stereocenters. The van der Waals surface area contributed by atoms with Crippen molar-refractivity contribution in [2.75, 3.05) is 0 Å². The van der Waals surface area contributed by atoms with Crippen LogP contribution in [-0.4, -0.2) is 10.2 Å². The maximum Gasteiger partial charge on any atom is 0.103 e. The Kier molecular flexibility index (Phi) is 4.95. The lowest BCUT2D eigenvalue weighted by Crippen LogP contribution is -2.08. The quantitative estimate of drug-likeness (QED) is 0.773. The van der Waals surface area contributed by atoms with Crippen LogP contribution < -0.4 is 0 Å². The Balaban J connectivity index is 1.61. The third kappa shape index (κ3) is 3.87. The number of hydrogen-bond donors (Lipinski definition) is 0. The fraction of sp³-hybridized carbons (Fsp3) is 0.412. The predicted molar refractivity (Wildman–Crippen MR) is 90.4 cm³/mol. The van der Waals surface area contributed by atoms with Crippen LogP contribution in [0.3, 0.4) is 0 Å². The second kappa shape index (κ2) is 7.11. The van der Waals surface area contributed by atoms with E-state index >= 15 is 0 Å². The third-order valence-electron chi connectivity index (χ3n) is 3.86. The van der Waals surface area contributed by atoms with E-state index in [2.05, 4.69) is 23.2 Å². The van der Waals surface area contributed by atoms with Crippen molar-refractivity contribution in [3.8, 4) is 17.3 Å². The topological polar surface area (TPSA) is 36.7 Å². The van der Waals surface area contributed by atoms with Crippen LogP contribution in [0, 0.1) is 11.3 Å². The zero-order valence-electron chi connectivity index (χ0n) is 11.9.